The van der Waals surface area contributed by atoms with E-state index in [-0.39, 0.29) is 22.7 Å². The minimum absolute atomic E-state index is 0.115. The Kier molecular flexibility index (Phi) is 4.19. The molecule has 0 spiro atoms. The van der Waals surface area contributed by atoms with E-state index in [9.17, 15) is 13.5 Å². The number of aliphatic hydroxyl groups excluding tert-OH is 1. The van der Waals surface area contributed by atoms with Gasteiger partial charge in [0.05, 0.1) is 12.3 Å². The Morgan fingerprint density at radius 3 is 2.40 bits per heavy atom. The summed E-state index contributed by atoms with van der Waals surface area (Å²) in [5, 5.41) is 15.8. The lowest BCUT2D eigenvalue weighted by Gasteiger charge is -2.41. The van der Waals surface area contributed by atoms with Gasteiger partial charge in [-0.1, -0.05) is 0 Å². The van der Waals surface area contributed by atoms with Crippen LogP contribution in [0.2, 0.25) is 0 Å². The molecule has 114 valence electrons. The number of rotatable bonds is 3. The van der Waals surface area contributed by atoms with E-state index in [0.29, 0.717) is 18.8 Å². The molecule has 1 aromatic rings. The van der Waals surface area contributed by atoms with Crippen LogP contribution in [0.3, 0.4) is 0 Å². The Bertz CT molecular complexity index is 572. The molecule has 1 aliphatic heterocycles. The summed E-state index contributed by atoms with van der Waals surface area (Å²) in [6.07, 6.45) is 0. The molecule has 0 radical (unpaired) electrons. The van der Waals surface area contributed by atoms with E-state index in [1.807, 2.05) is 20.9 Å². The minimum atomic E-state index is -3.63. The number of aromatic nitrogens is 2. The van der Waals surface area contributed by atoms with Gasteiger partial charge in [-0.2, -0.15) is 9.40 Å². The Morgan fingerprint density at radius 1 is 1.35 bits per heavy atom. The second kappa shape index (κ2) is 5.44. The van der Waals surface area contributed by atoms with Gasteiger partial charge in [-0.05, 0) is 27.8 Å². The van der Waals surface area contributed by atoms with Crippen molar-refractivity contribution in [3.05, 3.63) is 11.4 Å². The summed E-state index contributed by atoms with van der Waals surface area (Å²) in [4.78, 5) is 2.28. The summed E-state index contributed by atoms with van der Waals surface area (Å²) in [6, 6.07) is 0.302. The van der Waals surface area contributed by atoms with E-state index in [1.165, 1.54) is 4.31 Å². The number of aliphatic hydroxyl groups is 1. The molecule has 1 fully saturated rings. The fourth-order valence-corrected chi connectivity index (χ4v) is 4.52. The van der Waals surface area contributed by atoms with Crippen molar-refractivity contribution in [2.45, 2.75) is 44.4 Å². The van der Waals surface area contributed by atoms with Crippen molar-refractivity contribution in [3.8, 4) is 0 Å². The number of nitrogens with one attached hydrogen (secondary N) is 1. The summed E-state index contributed by atoms with van der Waals surface area (Å²) in [6.45, 7) is 6.16. The fraction of sp³-hybridized carbons (Fsp3) is 0.750. The predicted molar refractivity (Wildman–Crippen MR) is 74.7 cm³/mol. The zero-order valence-corrected chi connectivity index (χ0v) is 13.1. The predicted octanol–water partition coefficient (Wildman–Crippen LogP) is -0.0765. The summed E-state index contributed by atoms with van der Waals surface area (Å²) < 4.78 is 27.1. The lowest BCUT2D eigenvalue weighted by Crippen LogP contribution is -2.56. The van der Waals surface area contributed by atoms with Gasteiger partial charge in [0, 0.05) is 25.2 Å². The second-order valence-electron chi connectivity index (χ2n) is 5.47. The number of aryl methyl sites for hydroxylation is 1. The molecule has 2 rings (SSSR count). The molecule has 0 amide bonds. The van der Waals surface area contributed by atoms with Crippen molar-refractivity contribution < 1.29 is 13.5 Å². The van der Waals surface area contributed by atoms with Crippen LogP contribution in [-0.2, 0) is 16.6 Å². The largest absolute Gasteiger partial charge is 0.390 e. The van der Waals surface area contributed by atoms with Crippen LogP contribution in [0.15, 0.2) is 4.90 Å². The average Bonchev–Trinajstić information content (AvgIpc) is 2.77. The molecule has 7 nitrogen and oxygen atoms in total. The number of hydrogen-bond acceptors (Lipinski definition) is 5. The van der Waals surface area contributed by atoms with E-state index in [4.69, 9.17) is 0 Å². The highest BCUT2D eigenvalue weighted by Gasteiger charge is 2.37. The zero-order chi connectivity index (χ0) is 15.1. The van der Waals surface area contributed by atoms with Crippen molar-refractivity contribution in [2.75, 3.05) is 20.1 Å². The molecule has 2 heterocycles. The number of likely N-dealkylation sites (N-methyl/N-ethyl adjacent to an activating group) is 1. The Morgan fingerprint density at radius 2 is 1.90 bits per heavy atom. The molecule has 2 N–H and O–H groups in total. The number of H-pyrrole nitrogens is 1. The van der Waals surface area contributed by atoms with Crippen molar-refractivity contribution in [1.29, 1.82) is 0 Å². The van der Waals surface area contributed by atoms with Crippen LogP contribution in [0.5, 0.6) is 0 Å². The Balaban J connectivity index is 2.38. The Hall–Kier alpha value is -0.960. The zero-order valence-electron chi connectivity index (χ0n) is 12.3. The smallest absolute Gasteiger partial charge is 0.246 e. The molecule has 2 atom stereocenters. The number of nitrogens with zero attached hydrogens (tertiary/aromatic N) is 3. The molecule has 20 heavy (non-hydrogen) atoms. The van der Waals surface area contributed by atoms with Gasteiger partial charge in [0.25, 0.3) is 0 Å². The highest BCUT2D eigenvalue weighted by Crippen LogP contribution is 2.25. The van der Waals surface area contributed by atoms with Crippen LogP contribution in [0.25, 0.3) is 0 Å². The van der Waals surface area contributed by atoms with Gasteiger partial charge >= 0.3 is 0 Å². The van der Waals surface area contributed by atoms with Gasteiger partial charge < -0.3 is 5.11 Å². The van der Waals surface area contributed by atoms with Crippen LogP contribution < -0.4 is 0 Å². The second-order valence-corrected chi connectivity index (χ2v) is 7.34. The van der Waals surface area contributed by atoms with Crippen molar-refractivity contribution in [1.82, 2.24) is 19.4 Å². The van der Waals surface area contributed by atoms with Crippen molar-refractivity contribution in [2.24, 2.45) is 0 Å². The molecule has 8 heteroatoms. The van der Waals surface area contributed by atoms with Crippen molar-refractivity contribution in [3.63, 3.8) is 0 Å². The molecule has 2 unspecified atom stereocenters. The molecular weight excluding hydrogens is 280 g/mol. The normalized spacial score (nSPS) is 26.1. The third-order valence-electron chi connectivity index (χ3n) is 4.04. The monoisotopic (exact) mass is 302 g/mol. The maximum Gasteiger partial charge on any atom is 0.246 e. The van der Waals surface area contributed by atoms with Crippen LogP contribution in [0, 0.1) is 6.92 Å². The first-order valence-electron chi connectivity index (χ1n) is 6.65. The molecular formula is C12H22N4O3S. The van der Waals surface area contributed by atoms with E-state index in [1.54, 1.807) is 6.92 Å². The average molecular weight is 302 g/mol. The molecule has 1 aliphatic rings. The number of aromatic amines is 1. The quantitative estimate of drug-likeness (QED) is 0.815. The molecule has 1 saturated heterocycles. The highest BCUT2D eigenvalue weighted by atomic mass is 32.2. The number of hydrogen-bond donors (Lipinski definition) is 2. The summed E-state index contributed by atoms with van der Waals surface area (Å²) in [7, 11) is -1.63. The number of sulfonamides is 1. The van der Waals surface area contributed by atoms with Gasteiger partial charge in [0.2, 0.25) is 10.0 Å². The first kappa shape index (κ1) is 15.4. The maximum atomic E-state index is 12.8. The van der Waals surface area contributed by atoms with Gasteiger partial charge in [-0.15, -0.1) is 0 Å². The highest BCUT2D eigenvalue weighted by molar-refractivity contribution is 7.89. The third kappa shape index (κ3) is 2.48. The van der Waals surface area contributed by atoms with E-state index >= 15 is 0 Å². The van der Waals surface area contributed by atoms with Crippen molar-refractivity contribution >= 4 is 10.0 Å². The van der Waals surface area contributed by atoms with Crippen LogP contribution >= 0.6 is 0 Å². The molecule has 0 aromatic carbocycles. The minimum Gasteiger partial charge on any atom is -0.390 e. The summed E-state index contributed by atoms with van der Waals surface area (Å²) >= 11 is 0. The standard InChI is InChI=1S/C12H22N4O3S/c1-8-5-16(6-9(2)15(8)4)20(18,19)12-10(3)13-14-11(12)7-17/h8-9,17H,5-7H2,1-4H3,(H,13,14). The van der Waals surface area contributed by atoms with E-state index < -0.39 is 16.6 Å². The van der Waals surface area contributed by atoms with Gasteiger partial charge in [-0.3, -0.25) is 10.00 Å². The van der Waals surface area contributed by atoms with Gasteiger partial charge in [0.1, 0.15) is 10.6 Å². The lowest BCUT2D eigenvalue weighted by molar-refractivity contribution is 0.105. The van der Waals surface area contributed by atoms with Crippen LogP contribution in [0.4, 0.5) is 0 Å². The van der Waals surface area contributed by atoms with Crippen LogP contribution in [-0.4, -0.2) is 65.1 Å². The number of piperazine rings is 1. The lowest BCUT2D eigenvalue weighted by atomic mass is 10.1. The summed E-state index contributed by atoms with van der Waals surface area (Å²) in [5.74, 6) is 0. The molecule has 0 bridgehead atoms. The molecule has 0 aliphatic carbocycles. The molecule has 0 saturated carbocycles. The third-order valence-corrected chi connectivity index (χ3v) is 6.07. The first-order chi connectivity index (χ1) is 9.28. The maximum absolute atomic E-state index is 12.8. The van der Waals surface area contributed by atoms with Gasteiger partial charge in [-0.25, -0.2) is 8.42 Å². The SMILES string of the molecule is Cc1[nH]nc(CO)c1S(=O)(=O)N1CC(C)N(C)C(C)C1. The van der Waals surface area contributed by atoms with E-state index in [0.717, 1.165) is 0 Å². The fourth-order valence-electron chi connectivity index (χ4n) is 2.60. The topological polar surface area (TPSA) is 89.5 Å². The van der Waals surface area contributed by atoms with E-state index in [2.05, 4.69) is 15.1 Å². The molecule has 1 aromatic heterocycles. The summed E-state index contributed by atoms with van der Waals surface area (Å²) in [5.41, 5.74) is 0.648. The van der Waals surface area contributed by atoms with Crippen LogP contribution in [0.1, 0.15) is 25.2 Å². The first-order valence-corrected chi connectivity index (χ1v) is 8.09. The van der Waals surface area contributed by atoms with Gasteiger partial charge in [0.15, 0.2) is 0 Å². The Labute approximate surface area is 119 Å².